The van der Waals surface area contributed by atoms with Gasteiger partial charge in [0.15, 0.2) is 11.2 Å². The highest BCUT2D eigenvalue weighted by Crippen LogP contribution is 2.18. The van der Waals surface area contributed by atoms with Gasteiger partial charge in [0.1, 0.15) is 5.82 Å². The smallest absolute Gasteiger partial charge is 0.303 e. The van der Waals surface area contributed by atoms with E-state index in [4.69, 9.17) is 11.6 Å². The number of rotatable bonds is 4. The molecule has 0 radical (unpaired) electrons. The fourth-order valence-corrected chi connectivity index (χ4v) is 2.63. The average Bonchev–Trinajstić information content (AvgIpc) is 2.94. The maximum absolute atomic E-state index is 13.7. The maximum Gasteiger partial charge on any atom is 0.329 e. The van der Waals surface area contributed by atoms with Crippen LogP contribution in [0.5, 0.6) is 0 Å². The first kappa shape index (κ1) is 16.9. The third kappa shape index (κ3) is 2.93. The van der Waals surface area contributed by atoms with Gasteiger partial charge in [-0.05, 0) is 19.1 Å². The largest absolute Gasteiger partial charge is 0.329 e. The Bertz CT molecular complexity index is 1080. The number of hydrogen-bond acceptors (Lipinski definition) is 5. The van der Waals surface area contributed by atoms with Crippen LogP contribution in [0, 0.1) is 5.82 Å². The summed E-state index contributed by atoms with van der Waals surface area (Å²) in [7, 11) is 1.50. The summed E-state index contributed by atoms with van der Waals surface area (Å²) in [5.41, 5.74) is 2.14. The lowest BCUT2D eigenvalue weighted by Crippen LogP contribution is -2.29. The summed E-state index contributed by atoms with van der Waals surface area (Å²) >= 11 is 5.93. The van der Waals surface area contributed by atoms with Gasteiger partial charge in [-0.15, -0.1) is 0 Å². The zero-order valence-electron chi connectivity index (χ0n) is 13.4. The van der Waals surface area contributed by atoms with E-state index in [2.05, 4.69) is 20.5 Å². The van der Waals surface area contributed by atoms with Gasteiger partial charge in [0, 0.05) is 19.2 Å². The number of hydrazone groups is 1. The number of nitrogens with one attached hydrogen (secondary N) is 2. The number of H-pyrrole nitrogens is 1. The van der Waals surface area contributed by atoms with Gasteiger partial charge in [-0.1, -0.05) is 17.7 Å². The molecule has 0 amide bonds. The van der Waals surface area contributed by atoms with Crippen molar-refractivity contribution in [3.05, 3.63) is 55.4 Å². The van der Waals surface area contributed by atoms with Crippen LogP contribution in [0.1, 0.15) is 12.5 Å². The van der Waals surface area contributed by atoms with Gasteiger partial charge >= 0.3 is 5.69 Å². The van der Waals surface area contributed by atoms with Gasteiger partial charge in [-0.3, -0.25) is 14.3 Å². The topological polar surface area (TPSA) is 97.1 Å². The quantitative estimate of drug-likeness (QED) is 0.543. The number of aryl methyl sites for hydroxylation is 2. The molecule has 1 aromatic carbocycles. The Morgan fingerprint density at radius 1 is 1.44 bits per heavy atom. The van der Waals surface area contributed by atoms with Gasteiger partial charge in [-0.25, -0.2) is 14.6 Å². The van der Waals surface area contributed by atoms with Crippen LogP contribution in [0.4, 0.5) is 10.3 Å². The second-order valence-electron chi connectivity index (χ2n) is 5.18. The zero-order chi connectivity index (χ0) is 18.1. The Morgan fingerprint density at radius 3 is 2.88 bits per heavy atom. The lowest BCUT2D eigenvalue weighted by atomic mass is 10.2. The Kier molecular flexibility index (Phi) is 4.41. The molecule has 0 fully saturated rings. The summed E-state index contributed by atoms with van der Waals surface area (Å²) in [4.78, 5) is 30.2. The van der Waals surface area contributed by atoms with E-state index in [1.165, 1.54) is 30.0 Å². The van der Waals surface area contributed by atoms with Crippen molar-refractivity contribution < 1.29 is 4.39 Å². The van der Waals surface area contributed by atoms with Crippen LogP contribution in [-0.2, 0) is 13.6 Å². The fraction of sp³-hybridized carbons (Fsp3) is 0.200. The number of anilines is 1. The number of benzene rings is 1. The Labute approximate surface area is 145 Å². The van der Waals surface area contributed by atoms with Crippen molar-refractivity contribution in [2.24, 2.45) is 12.1 Å². The Morgan fingerprint density at radius 2 is 2.20 bits per heavy atom. The second-order valence-corrected chi connectivity index (χ2v) is 5.58. The van der Waals surface area contributed by atoms with Crippen LogP contribution in [0.15, 0.2) is 32.9 Å². The Hall–Kier alpha value is -2.94. The van der Waals surface area contributed by atoms with Crippen LogP contribution in [0.25, 0.3) is 11.2 Å². The van der Waals surface area contributed by atoms with Crippen molar-refractivity contribution in [2.45, 2.75) is 13.5 Å². The Balaban J connectivity index is 2.04. The SMILES string of the molecule is CCn1c(N/N=C/c2c(F)cccc2Cl)nc2c1c(=O)[nH]c(=O)n2C. The van der Waals surface area contributed by atoms with Crippen LogP contribution >= 0.6 is 11.6 Å². The highest BCUT2D eigenvalue weighted by Gasteiger charge is 2.15. The van der Waals surface area contributed by atoms with Crippen molar-refractivity contribution >= 4 is 34.9 Å². The number of imidazole rings is 1. The van der Waals surface area contributed by atoms with Crippen LogP contribution in [-0.4, -0.2) is 25.3 Å². The summed E-state index contributed by atoms with van der Waals surface area (Å²) < 4.78 is 16.5. The molecule has 0 unspecified atom stereocenters. The second kappa shape index (κ2) is 6.52. The third-order valence-corrected chi connectivity index (χ3v) is 4.01. The molecule has 0 aliphatic carbocycles. The van der Waals surface area contributed by atoms with Crippen molar-refractivity contribution in [2.75, 3.05) is 5.43 Å². The first-order valence-electron chi connectivity index (χ1n) is 7.36. The molecule has 8 nitrogen and oxygen atoms in total. The summed E-state index contributed by atoms with van der Waals surface area (Å²) in [6, 6.07) is 4.30. The van der Waals surface area contributed by atoms with E-state index < -0.39 is 17.1 Å². The van der Waals surface area contributed by atoms with Gasteiger partial charge in [0.25, 0.3) is 5.56 Å². The highest BCUT2D eigenvalue weighted by molar-refractivity contribution is 6.33. The summed E-state index contributed by atoms with van der Waals surface area (Å²) in [6.45, 7) is 2.23. The third-order valence-electron chi connectivity index (χ3n) is 3.68. The normalized spacial score (nSPS) is 11.5. The number of aromatic nitrogens is 4. The molecule has 2 N–H and O–H groups in total. The molecule has 0 saturated heterocycles. The lowest BCUT2D eigenvalue weighted by Gasteiger charge is -2.04. The number of nitrogens with zero attached hydrogens (tertiary/aromatic N) is 4. The van der Waals surface area contributed by atoms with Gasteiger partial charge in [-0.2, -0.15) is 10.1 Å². The fourth-order valence-electron chi connectivity index (χ4n) is 2.42. The molecule has 25 heavy (non-hydrogen) atoms. The first-order valence-corrected chi connectivity index (χ1v) is 7.74. The van der Waals surface area contributed by atoms with Crippen molar-refractivity contribution in [3.8, 4) is 0 Å². The summed E-state index contributed by atoms with van der Waals surface area (Å²) in [5.74, 6) is -0.270. The van der Waals surface area contributed by atoms with E-state index in [-0.39, 0.29) is 27.7 Å². The molecule has 0 aliphatic heterocycles. The molecular formula is C15H14ClFN6O2. The molecule has 10 heteroatoms. The zero-order valence-corrected chi connectivity index (χ0v) is 14.1. The number of aromatic amines is 1. The lowest BCUT2D eigenvalue weighted by molar-refractivity contribution is 0.626. The molecule has 130 valence electrons. The number of halogens is 2. The molecule has 0 atom stereocenters. The number of hydrogen-bond donors (Lipinski definition) is 2. The predicted molar refractivity (Wildman–Crippen MR) is 93.9 cm³/mol. The highest BCUT2D eigenvalue weighted by atomic mass is 35.5. The van der Waals surface area contributed by atoms with E-state index in [0.717, 1.165) is 0 Å². The van der Waals surface area contributed by atoms with E-state index in [9.17, 15) is 14.0 Å². The van der Waals surface area contributed by atoms with E-state index in [1.807, 2.05) is 6.92 Å². The summed E-state index contributed by atoms with van der Waals surface area (Å²) in [5, 5.41) is 4.15. The monoisotopic (exact) mass is 364 g/mol. The molecule has 0 bridgehead atoms. The molecule has 0 spiro atoms. The van der Waals surface area contributed by atoms with Crippen molar-refractivity contribution in [3.63, 3.8) is 0 Å². The standard InChI is InChI=1S/C15H14ClFN6O2/c1-3-23-11-12(22(2)15(25)20-13(11)24)19-14(23)21-18-7-8-9(16)5-4-6-10(8)17/h4-7H,3H2,1-2H3,(H,19,21)(H,20,24,25)/b18-7+. The molecule has 2 aromatic heterocycles. The van der Waals surface area contributed by atoms with E-state index >= 15 is 0 Å². The first-order chi connectivity index (χ1) is 11.9. The van der Waals surface area contributed by atoms with Gasteiger partial charge < -0.3 is 4.57 Å². The van der Waals surface area contributed by atoms with Gasteiger partial charge in [0.2, 0.25) is 5.95 Å². The van der Waals surface area contributed by atoms with Crippen LogP contribution in [0.2, 0.25) is 5.02 Å². The summed E-state index contributed by atoms with van der Waals surface area (Å²) in [6.07, 6.45) is 1.22. The van der Waals surface area contributed by atoms with Crippen LogP contribution in [0.3, 0.4) is 0 Å². The minimum Gasteiger partial charge on any atom is -0.303 e. The van der Waals surface area contributed by atoms with Gasteiger partial charge in [0.05, 0.1) is 11.2 Å². The molecule has 3 rings (SSSR count). The van der Waals surface area contributed by atoms with Crippen LogP contribution < -0.4 is 16.7 Å². The predicted octanol–water partition coefficient (Wildman–Crippen LogP) is 1.68. The molecule has 0 aliphatic rings. The minimum absolute atomic E-state index is 0.126. The van der Waals surface area contributed by atoms with Crippen molar-refractivity contribution in [1.29, 1.82) is 0 Å². The molecule has 0 saturated carbocycles. The minimum atomic E-state index is -0.563. The van der Waals surface area contributed by atoms with E-state index in [0.29, 0.717) is 6.54 Å². The van der Waals surface area contributed by atoms with E-state index in [1.54, 1.807) is 10.6 Å². The number of fused-ring (bicyclic) bond motifs is 1. The molecular weight excluding hydrogens is 351 g/mol. The molecule has 2 heterocycles. The molecule has 3 aromatic rings. The maximum atomic E-state index is 13.7. The average molecular weight is 365 g/mol. The van der Waals surface area contributed by atoms with Crippen molar-refractivity contribution in [1.82, 2.24) is 19.1 Å².